The van der Waals surface area contributed by atoms with Crippen LogP contribution in [0.25, 0.3) is 0 Å². The number of carbonyl (C=O) groups excluding carboxylic acids is 1. The molecule has 0 bridgehead atoms. The van der Waals surface area contributed by atoms with E-state index in [4.69, 9.17) is 0 Å². The largest absolute Gasteiger partial charge is 0.465 e. The van der Waals surface area contributed by atoms with Gasteiger partial charge in [0.1, 0.15) is 10.7 Å². The van der Waals surface area contributed by atoms with Gasteiger partial charge in [-0.25, -0.2) is 14.2 Å². The highest BCUT2D eigenvalue weighted by Gasteiger charge is 2.09. The molecule has 0 unspecified atom stereocenters. The summed E-state index contributed by atoms with van der Waals surface area (Å²) in [5.74, 6) is -0.664. The summed E-state index contributed by atoms with van der Waals surface area (Å²) in [5, 5.41) is 3.68. The SMILES string of the molecule is COC(=O)c1cnc(NCc2ccc(F)cc2)s1. The van der Waals surface area contributed by atoms with Crippen LogP contribution in [0.15, 0.2) is 30.5 Å². The van der Waals surface area contributed by atoms with Gasteiger partial charge in [0.05, 0.1) is 13.3 Å². The molecule has 0 fully saturated rings. The van der Waals surface area contributed by atoms with E-state index in [9.17, 15) is 9.18 Å². The Kier molecular flexibility index (Phi) is 3.88. The second-order valence-electron chi connectivity index (χ2n) is 3.50. The molecule has 0 amide bonds. The first-order valence-corrected chi connectivity index (χ1v) is 6.03. The van der Waals surface area contributed by atoms with Gasteiger partial charge in [0, 0.05) is 6.54 Å². The van der Waals surface area contributed by atoms with Crippen LogP contribution in [0.3, 0.4) is 0 Å². The summed E-state index contributed by atoms with van der Waals surface area (Å²) in [6, 6.07) is 6.19. The number of carbonyl (C=O) groups is 1. The van der Waals surface area contributed by atoms with Crippen LogP contribution >= 0.6 is 11.3 Å². The zero-order chi connectivity index (χ0) is 13.0. The van der Waals surface area contributed by atoms with E-state index in [1.807, 2.05) is 0 Å². The van der Waals surface area contributed by atoms with Crippen LogP contribution in [0, 0.1) is 5.82 Å². The normalized spacial score (nSPS) is 10.1. The van der Waals surface area contributed by atoms with E-state index in [-0.39, 0.29) is 5.82 Å². The molecule has 2 rings (SSSR count). The van der Waals surface area contributed by atoms with E-state index < -0.39 is 5.97 Å². The quantitative estimate of drug-likeness (QED) is 0.864. The van der Waals surface area contributed by atoms with Crippen molar-refractivity contribution >= 4 is 22.4 Å². The number of hydrogen-bond donors (Lipinski definition) is 1. The lowest BCUT2D eigenvalue weighted by Gasteiger charge is -2.02. The topological polar surface area (TPSA) is 51.2 Å². The van der Waals surface area contributed by atoms with Crippen LogP contribution < -0.4 is 5.32 Å². The summed E-state index contributed by atoms with van der Waals surface area (Å²) < 4.78 is 17.3. The maximum Gasteiger partial charge on any atom is 0.349 e. The Bertz CT molecular complexity index is 539. The Balaban J connectivity index is 1.96. The van der Waals surface area contributed by atoms with Gasteiger partial charge in [-0.05, 0) is 17.7 Å². The van der Waals surface area contributed by atoms with Crippen LogP contribution in [-0.4, -0.2) is 18.1 Å². The molecule has 0 saturated carbocycles. The second-order valence-corrected chi connectivity index (χ2v) is 4.53. The molecule has 0 radical (unpaired) electrons. The van der Waals surface area contributed by atoms with Crippen LogP contribution in [0.5, 0.6) is 0 Å². The number of esters is 1. The molecular weight excluding hydrogens is 255 g/mol. The summed E-state index contributed by atoms with van der Waals surface area (Å²) in [7, 11) is 1.33. The highest BCUT2D eigenvalue weighted by atomic mass is 32.1. The Hall–Kier alpha value is -1.95. The molecule has 4 nitrogen and oxygen atoms in total. The lowest BCUT2D eigenvalue weighted by Crippen LogP contribution is -1.98. The molecule has 1 heterocycles. The number of methoxy groups -OCH3 is 1. The van der Waals surface area contributed by atoms with E-state index in [0.29, 0.717) is 16.6 Å². The number of nitrogens with zero attached hydrogens (tertiary/aromatic N) is 1. The number of nitrogens with one attached hydrogen (secondary N) is 1. The van der Waals surface area contributed by atoms with Gasteiger partial charge in [-0.2, -0.15) is 0 Å². The van der Waals surface area contributed by atoms with Gasteiger partial charge in [-0.3, -0.25) is 0 Å². The molecule has 1 aromatic carbocycles. The van der Waals surface area contributed by atoms with Gasteiger partial charge < -0.3 is 10.1 Å². The van der Waals surface area contributed by atoms with Gasteiger partial charge in [0.15, 0.2) is 5.13 Å². The molecule has 0 spiro atoms. The number of hydrogen-bond acceptors (Lipinski definition) is 5. The van der Waals surface area contributed by atoms with Crippen molar-refractivity contribution in [2.75, 3.05) is 12.4 Å². The van der Waals surface area contributed by atoms with Crippen LogP contribution in [0.1, 0.15) is 15.2 Å². The molecule has 0 atom stereocenters. The van der Waals surface area contributed by atoms with Crippen molar-refractivity contribution in [1.82, 2.24) is 4.98 Å². The molecule has 0 aliphatic heterocycles. The average Bonchev–Trinajstić information content (AvgIpc) is 2.86. The first-order valence-electron chi connectivity index (χ1n) is 5.21. The minimum atomic E-state index is -0.401. The minimum absolute atomic E-state index is 0.263. The highest BCUT2D eigenvalue weighted by Crippen LogP contribution is 2.19. The fourth-order valence-corrected chi connectivity index (χ4v) is 2.06. The van der Waals surface area contributed by atoms with Crippen LogP contribution in [0.4, 0.5) is 9.52 Å². The number of ether oxygens (including phenoxy) is 1. The Morgan fingerprint density at radius 3 is 2.83 bits per heavy atom. The Morgan fingerprint density at radius 1 is 1.44 bits per heavy atom. The van der Waals surface area contributed by atoms with Gasteiger partial charge in [-0.15, -0.1) is 0 Å². The number of benzene rings is 1. The molecule has 2 aromatic rings. The van der Waals surface area contributed by atoms with Crippen molar-refractivity contribution in [2.24, 2.45) is 0 Å². The van der Waals surface area contributed by atoms with Crippen molar-refractivity contribution in [3.8, 4) is 0 Å². The Morgan fingerprint density at radius 2 is 2.17 bits per heavy atom. The lowest BCUT2D eigenvalue weighted by molar-refractivity contribution is 0.0606. The standard InChI is InChI=1S/C12H11FN2O2S/c1-17-11(16)10-7-15-12(18-10)14-6-8-2-4-9(13)5-3-8/h2-5,7H,6H2,1H3,(H,14,15). The smallest absolute Gasteiger partial charge is 0.349 e. The maximum atomic E-state index is 12.7. The maximum absolute atomic E-state index is 12.7. The molecular formula is C12H11FN2O2S. The minimum Gasteiger partial charge on any atom is -0.465 e. The number of halogens is 1. The van der Waals surface area contributed by atoms with Crippen molar-refractivity contribution in [2.45, 2.75) is 6.54 Å². The van der Waals surface area contributed by atoms with E-state index in [2.05, 4.69) is 15.0 Å². The predicted molar refractivity (Wildman–Crippen MR) is 67.2 cm³/mol. The summed E-state index contributed by atoms with van der Waals surface area (Å²) in [5.41, 5.74) is 0.936. The summed E-state index contributed by atoms with van der Waals surface area (Å²) in [6.45, 7) is 0.522. The Labute approximate surface area is 107 Å². The fourth-order valence-electron chi connectivity index (χ4n) is 1.33. The first-order chi connectivity index (χ1) is 8.69. The van der Waals surface area contributed by atoms with Crippen molar-refractivity contribution < 1.29 is 13.9 Å². The average molecular weight is 266 g/mol. The van der Waals surface area contributed by atoms with Gasteiger partial charge in [0.2, 0.25) is 0 Å². The zero-order valence-corrected chi connectivity index (χ0v) is 10.5. The first kappa shape index (κ1) is 12.5. The summed E-state index contributed by atoms with van der Waals surface area (Å²) >= 11 is 1.22. The lowest BCUT2D eigenvalue weighted by atomic mass is 10.2. The van der Waals surface area contributed by atoms with E-state index in [0.717, 1.165) is 5.56 Å². The number of anilines is 1. The molecule has 0 aliphatic carbocycles. The van der Waals surface area contributed by atoms with Crippen molar-refractivity contribution in [1.29, 1.82) is 0 Å². The molecule has 0 saturated heterocycles. The van der Waals surface area contributed by atoms with Gasteiger partial charge >= 0.3 is 5.97 Å². The number of rotatable bonds is 4. The molecule has 6 heteroatoms. The van der Waals surface area contributed by atoms with Crippen LogP contribution in [0.2, 0.25) is 0 Å². The third-order valence-corrected chi connectivity index (χ3v) is 3.18. The third kappa shape index (κ3) is 3.04. The molecule has 94 valence electrons. The third-order valence-electron chi connectivity index (χ3n) is 2.25. The monoisotopic (exact) mass is 266 g/mol. The molecule has 18 heavy (non-hydrogen) atoms. The predicted octanol–water partition coefficient (Wildman–Crippen LogP) is 2.68. The van der Waals surface area contributed by atoms with Gasteiger partial charge in [-0.1, -0.05) is 23.5 Å². The zero-order valence-electron chi connectivity index (χ0n) is 9.64. The van der Waals surface area contributed by atoms with Gasteiger partial charge in [0.25, 0.3) is 0 Å². The van der Waals surface area contributed by atoms with Crippen molar-refractivity contribution in [3.63, 3.8) is 0 Å². The van der Waals surface area contributed by atoms with Crippen molar-refractivity contribution in [3.05, 3.63) is 46.7 Å². The summed E-state index contributed by atoms with van der Waals surface area (Å²) in [4.78, 5) is 15.7. The number of thiazole rings is 1. The fraction of sp³-hybridized carbons (Fsp3) is 0.167. The van der Waals surface area contributed by atoms with E-state index in [1.54, 1.807) is 12.1 Å². The van der Waals surface area contributed by atoms with Crippen LogP contribution in [-0.2, 0) is 11.3 Å². The molecule has 1 aromatic heterocycles. The highest BCUT2D eigenvalue weighted by molar-refractivity contribution is 7.17. The molecule has 0 aliphatic rings. The van der Waals surface area contributed by atoms with E-state index in [1.165, 1.54) is 36.8 Å². The summed E-state index contributed by atoms with van der Waals surface area (Å²) in [6.07, 6.45) is 1.46. The number of aromatic nitrogens is 1. The molecule has 1 N–H and O–H groups in total. The van der Waals surface area contributed by atoms with E-state index >= 15 is 0 Å². The second kappa shape index (κ2) is 5.59.